The topological polar surface area (TPSA) is 29.9 Å². The first kappa shape index (κ1) is 11.1. The van der Waals surface area contributed by atoms with Gasteiger partial charge in [-0.05, 0) is 20.3 Å². The van der Waals surface area contributed by atoms with Crippen molar-refractivity contribution in [2.75, 3.05) is 11.9 Å². The standard InChI is InChI=1S/C11H21N3/c1-5-6-7-8-12-11-9(2)13-14(4)10(11)3/h12H,5-8H2,1-4H3. The van der Waals surface area contributed by atoms with Gasteiger partial charge in [-0.15, -0.1) is 0 Å². The van der Waals surface area contributed by atoms with Gasteiger partial charge in [0.15, 0.2) is 0 Å². The van der Waals surface area contributed by atoms with Crippen molar-refractivity contribution < 1.29 is 0 Å². The van der Waals surface area contributed by atoms with E-state index in [1.54, 1.807) is 0 Å². The first-order valence-electron chi connectivity index (χ1n) is 5.41. The molecule has 0 radical (unpaired) electrons. The van der Waals surface area contributed by atoms with Crippen molar-refractivity contribution in [3.8, 4) is 0 Å². The van der Waals surface area contributed by atoms with Gasteiger partial charge >= 0.3 is 0 Å². The Kier molecular flexibility index (Phi) is 3.98. The Balaban J connectivity index is 2.49. The van der Waals surface area contributed by atoms with Gasteiger partial charge in [-0.2, -0.15) is 5.10 Å². The van der Waals surface area contributed by atoms with E-state index in [4.69, 9.17) is 0 Å². The molecule has 0 bridgehead atoms. The second-order valence-electron chi connectivity index (χ2n) is 3.80. The molecule has 0 aliphatic rings. The molecule has 1 rings (SSSR count). The second kappa shape index (κ2) is 5.03. The van der Waals surface area contributed by atoms with Crippen LogP contribution in [0.4, 0.5) is 5.69 Å². The van der Waals surface area contributed by atoms with Gasteiger partial charge < -0.3 is 5.32 Å². The van der Waals surface area contributed by atoms with Crippen molar-refractivity contribution in [2.45, 2.75) is 40.0 Å². The molecule has 0 unspecified atom stereocenters. The highest BCUT2D eigenvalue weighted by Crippen LogP contribution is 2.18. The molecule has 0 saturated heterocycles. The molecule has 0 atom stereocenters. The SMILES string of the molecule is CCCCCNc1c(C)nn(C)c1C. The molecule has 3 heteroatoms. The van der Waals surface area contributed by atoms with Crippen molar-refractivity contribution in [3.63, 3.8) is 0 Å². The highest BCUT2D eigenvalue weighted by atomic mass is 15.3. The van der Waals surface area contributed by atoms with Crippen LogP contribution < -0.4 is 5.32 Å². The van der Waals surface area contributed by atoms with E-state index < -0.39 is 0 Å². The molecule has 1 N–H and O–H groups in total. The van der Waals surface area contributed by atoms with Gasteiger partial charge in [-0.1, -0.05) is 19.8 Å². The zero-order chi connectivity index (χ0) is 10.6. The minimum Gasteiger partial charge on any atom is -0.382 e. The van der Waals surface area contributed by atoms with Crippen LogP contribution in [-0.2, 0) is 7.05 Å². The Morgan fingerprint density at radius 3 is 2.50 bits per heavy atom. The maximum absolute atomic E-state index is 4.36. The maximum atomic E-state index is 4.36. The number of aromatic nitrogens is 2. The average molecular weight is 195 g/mol. The summed E-state index contributed by atoms with van der Waals surface area (Å²) in [6.07, 6.45) is 3.81. The van der Waals surface area contributed by atoms with Crippen LogP contribution in [0.1, 0.15) is 37.6 Å². The van der Waals surface area contributed by atoms with Crippen LogP contribution in [0.3, 0.4) is 0 Å². The van der Waals surface area contributed by atoms with Gasteiger partial charge in [0.05, 0.1) is 17.1 Å². The minimum absolute atomic E-state index is 1.06. The van der Waals surface area contributed by atoms with Crippen LogP contribution in [0, 0.1) is 13.8 Å². The molecule has 3 nitrogen and oxygen atoms in total. The Hall–Kier alpha value is -0.990. The quantitative estimate of drug-likeness (QED) is 0.732. The summed E-state index contributed by atoms with van der Waals surface area (Å²) in [5.41, 5.74) is 3.53. The Labute approximate surface area is 86.5 Å². The van der Waals surface area contributed by atoms with E-state index >= 15 is 0 Å². The normalized spacial score (nSPS) is 10.6. The lowest BCUT2D eigenvalue weighted by atomic mass is 10.2. The van der Waals surface area contributed by atoms with E-state index in [1.807, 2.05) is 11.7 Å². The zero-order valence-corrected chi connectivity index (χ0v) is 9.72. The number of hydrogen-bond donors (Lipinski definition) is 1. The molecule has 1 aromatic rings. The monoisotopic (exact) mass is 195 g/mol. The number of nitrogens with one attached hydrogen (secondary N) is 1. The molecule has 0 aliphatic heterocycles. The molecule has 0 fully saturated rings. The van der Waals surface area contributed by atoms with Crippen molar-refractivity contribution in [3.05, 3.63) is 11.4 Å². The molecule has 0 aromatic carbocycles. The van der Waals surface area contributed by atoms with Crippen LogP contribution in [0.25, 0.3) is 0 Å². The van der Waals surface area contributed by atoms with Crippen LogP contribution in [0.2, 0.25) is 0 Å². The van der Waals surface area contributed by atoms with Crippen molar-refractivity contribution in [1.29, 1.82) is 0 Å². The lowest BCUT2D eigenvalue weighted by molar-refractivity contribution is 0.730. The van der Waals surface area contributed by atoms with Gasteiger partial charge in [-0.25, -0.2) is 0 Å². The number of anilines is 1. The predicted octanol–water partition coefficient (Wildman–Crippen LogP) is 2.64. The summed E-state index contributed by atoms with van der Waals surface area (Å²) < 4.78 is 1.93. The van der Waals surface area contributed by atoms with E-state index in [2.05, 4.69) is 31.2 Å². The van der Waals surface area contributed by atoms with Gasteiger partial charge in [0.2, 0.25) is 0 Å². The molecule has 0 spiro atoms. The Morgan fingerprint density at radius 2 is 2.00 bits per heavy atom. The summed E-state index contributed by atoms with van der Waals surface area (Å²) in [4.78, 5) is 0. The van der Waals surface area contributed by atoms with Crippen molar-refractivity contribution in [2.24, 2.45) is 7.05 Å². The molecule has 14 heavy (non-hydrogen) atoms. The summed E-state index contributed by atoms with van der Waals surface area (Å²) in [5, 5.41) is 7.82. The largest absolute Gasteiger partial charge is 0.382 e. The molecule has 0 aliphatic carbocycles. The number of unbranched alkanes of at least 4 members (excludes halogenated alkanes) is 2. The summed E-state index contributed by atoms with van der Waals surface area (Å²) >= 11 is 0. The van der Waals surface area contributed by atoms with E-state index in [9.17, 15) is 0 Å². The summed E-state index contributed by atoms with van der Waals surface area (Å²) in [7, 11) is 1.99. The molecule has 80 valence electrons. The molecular weight excluding hydrogens is 174 g/mol. The third kappa shape index (κ3) is 2.50. The first-order valence-corrected chi connectivity index (χ1v) is 5.41. The van der Waals surface area contributed by atoms with E-state index in [-0.39, 0.29) is 0 Å². The smallest absolute Gasteiger partial charge is 0.0827 e. The molecule has 0 saturated carbocycles. The summed E-state index contributed by atoms with van der Waals surface area (Å²) in [5.74, 6) is 0. The van der Waals surface area contributed by atoms with E-state index in [0.717, 1.165) is 12.2 Å². The summed E-state index contributed by atoms with van der Waals surface area (Å²) in [6, 6.07) is 0. The van der Waals surface area contributed by atoms with Crippen LogP contribution in [0.15, 0.2) is 0 Å². The van der Waals surface area contributed by atoms with Gasteiger partial charge in [-0.3, -0.25) is 4.68 Å². The third-order valence-electron chi connectivity index (χ3n) is 2.59. The van der Waals surface area contributed by atoms with E-state index in [0.29, 0.717) is 0 Å². The number of nitrogens with zero attached hydrogens (tertiary/aromatic N) is 2. The fourth-order valence-electron chi connectivity index (χ4n) is 1.62. The number of hydrogen-bond acceptors (Lipinski definition) is 2. The first-order chi connectivity index (χ1) is 6.66. The summed E-state index contributed by atoms with van der Waals surface area (Å²) in [6.45, 7) is 7.43. The highest BCUT2D eigenvalue weighted by Gasteiger charge is 2.07. The predicted molar refractivity (Wildman–Crippen MR) is 60.7 cm³/mol. The number of rotatable bonds is 5. The lowest BCUT2D eigenvalue weighted by Crippen LogP contribution is -2.03. The zero-order valence-electron chi connectivity index (χ0n) is 9.72. The Morgan fingerprint density at radius 1 is 1.29 bits per heavy atom. The highest BCUT2D eigenvalue weighted by molar-refractivity contribution is 5.51. The third-order valence-corrected chi connectivity index (χ3v) is 2.59. The maximum Gasteiger partial charge on any atom is 0.0827 e. The fraction of sp³-hybridized carbons (Fsp3) is 0.727. The average Bonchev–Trinajstić information content (AvgIpc) is 2.38. The van der Waals surface area contributed by atoms with Crippen molar-refractivity contribution in [1.82, 2.24) is 9.78 Å². The Bertz CT molecular complexity index is 289. The van der Waals surface area contributed by atoms with Crippen LogP contribution in [0.5, 0.6) is 0 Å². The van der Waals surface area contributed by atoms with Crippen LogP contribution in [-0.4, -0.2) is 16.3 Å². The second-order valence-corrected chi connectivity index (χ2v) is 3.80. The van der Waals surface area contributed by atoms with Gasteiger partial charge in [0, 0.05) is 13.6 Å². The molecule has 1 heterocycles. The fourth-order valence-corrected chi connectivity index (χ4v) is 1.62. The van der Waals surface area contributed by atoms with Gasteiger partial charge in [0.1, 0.15) is 0 Å². The van der Waals surface area contributed by atoms with Crippen molar-refractivity contribution >= 4 is 5.69 Å². The van der Waals surface area contributed by atoms with Crippen LogP contribution >= 0.6 is 0 Å². The lowest BCUT2D eigenvalue weighted by Gasteiger charge is -2.05. The van der Waals surface area contributed by atoms with E-state index in [1.165, 1.54) is 30.6 Å². The molecule has 0 amide bonds. The van der Waals surface area contributed by atoms with Gasteiger partial charge in [0.25, 0.3) is 0 Å². The minimum atomic E-state index is 1.06. The number of aryl methyl sites for hydroxylation is 2. The molecular formula is C11H21N3. The molecule has 1 aromatic heterocycles.